The van der Waals surface area contributed by atoms with Crippen molar-refractivity contribution in [3.8, 4) is 11.1 Å². The molecule has 39 heavy (non-hydrogen) atoms. The highest BCUT2D eigenvalue weighted by Gasteiger charge is 2.46. The van der Waals surface area contributed by atoms with Crippen LogP contribution in [0.15, 0.2) is 30.9 Å². The van der Waals surface area contributed by atoms with Crippen molar-refractivity contribution in [1.29, 1.82) is 0 Å². The van der Waals surface area contributed by atoms with Gasteiger partial charge >= 0.3 is 0 Å². The average Bonchev–Trinajstić information content (AvgIpc) is 3.32. The van der Waals surface area contributed by atoms with Crippen LogP contribution in [0, 0.1) is 0 Å². The fourth-order valence-corrected chi connectivity index (χ4v) is 7.11. The van der Waals surface area contributed by atoms with E-state index in [2.05, 4.69) is 25.3 Å². The molecule has 1 amide bonds. The van der Waals surface area contributed by atoms with Gasteiger partial charge < -0.3 is 20.7 Å². The quantitative estimate of drug-likeness (QED) is 0.359. The number of aromatic nitrogens is 7. The third-order valence-electron chi connectivity index (χ3n) is 9.44. The number of nitrogens with zero attached hydrogens (tertiary/aromatic N) is 7. The number of hydrogen-bond donors (Lipinski definition) is 3. The van der Waals surface area contributed by atoms with Gasteiger partial charge in [-0.15, -0.1) is 10.2 Å². The number of aromatic amines is 1. The molecule has 3 atom stereocenters. The fourth-order valence-electron chi connectivity index (χ4n) is 7.11. The molecule has 4 aliphatic rings. The van der Waals surface area contributed by atoms with Crippen LogP contribution in [-0.4, -0.2) is 62.8 Å². The van der Waals surface area contributed by atoms with Crippen LogP contribution in [0.4, 0.5) is 5.82 Å². The molecule has 2 aliphatic carbocycles. The molecule has 4 aromatic heterocycles. The van der Waals surface area contributed by atoms with Crippen molar-refractivity contribution in [2.24, 2.45) is 0 Å². The monoisotopic (exact) mass is 525 g/mol. The molecule has 0 spiro atoms. The molecule has 0 unspecified atom stereocenters. The minimum atomic E-state index is -0.794. The molecule has 11 nitrogen and oxygen atoms in total. The first-order valence-electron chi connectivity index (χ1n) is 14.0. The highest BCUT2D eigenvalue weighted by molar-refractivity contribution is 5.91. The normalized spacial score (nSPS) is 25.7. The number of piperidine rings is 1. The molecule has 2 bridgehead atoms. The summed E-state index contributed by atoms with van der Waals surface area (Å²) in [4.78, 5) is 28.0. The molecule has 11 heteroatoms. The minimum absolute atomic E-state index is 0.0654. The van der Waals surface area contributed by atoms with Crippen LogP contribution in [0.5, 0.6) is 0 Å². The number of carbonyl (C=O) groups is 1. The Hall–Kier alpha value is -3.86. The Bertz CT molecular complexity index is 1560. The van der Waals surface area contributed by atoms with Gasteiger partial charge in [-0.25, -0.2) is 4.98 Å². The summed E-state index contributed by atoms with van der Waals surface area (Å²) < 4.78 is 1.77. The van der Waals surface area contributed by atoms with Crippen molar-refractivity contribution in [3.05, 3.63) is 53.6 Å². The van der Waals surface area contributed by atoms with Crippen LogP contribution in [0.2, 0.25) is 0 Å². The minimum Gasteiger partial charge on any atom is -0.384 e. The second kappa shape index (κ2) is 8.32. The Kier molecular flexibility index (Phi) is 4.92. The summed E-state index contributed by atoms with van der Waals surface area (Å²) in [7, 11) is 0. The summed E-state index contributed by atoms with van der Waals surface area (Å²) in [6.45, 7) is 0. The molecular weight excluding hydrogens is 494 g/mol. The van der Waals surface area contributed by atoms with Gasteiger partial charge in [0.05, 0.1) is 17.6 Å². The van der Waals surface area contributed by atoms with Crippen LogP contribution >= 0.6 is 0 Å². The number of H-pyrrole nitrogens is 1. The predicted molar refractivity (Wildman–Crippen MR) is 142 cm³/mol. The topological polar surface area (TPSA) is 151 Å². The Morgan fingerprint density at radius 2 is 1.87 bits per heavy atom. The summed E-state index contributed by atoms with van der Waals surface area (Å²) >= 11 is 0. The first-order chi connectivity index (χ1) is 19.0. The lowest BCUT2D eigenvalue weighted by molar-refractivity contribution is -0.0426. The smallest absolute Gasteiger partial charge is 0.292 e. The lowest BCUT2D eigenvalue weighted by atomic mass is 9.77. The largest absolute Gasteiger partial charge is 0.384 e. The van der Waals surface area contributed by atoms with Crippen LogP contribution in [-0.2, 0) is 5.60 Å². The van der Waals surface area contributed by atoms with Crippen molar-refractivity contribution >= 4 is 17.4 Å². The van der Waals surface area contributed by atoms with E-state index in [1.807, 2.05) is 29.4 Å². The van der Waals surface area contributed by atoms with Gasteiger partial charge in [0, 0.05) is 40.9 Å². The third kappa shape index (κ3) is 3.52. The van der Waals surface area contributed by atoms with Gasteiger partial charge in [-0.2, -0.15) is 9.61 Å². The number of nitrogens with two attached hydrogens (primary N) is 1. The third-order valence-corrected chi connectivity index (χ3v) is 9.44. The van der Waals surface area contributed by atoms with E-state index in [-0.39, 0.29) is 23.9 Å². The predicted octanol–water partition coefficient (Wildman–Crippen LogP) is 3.29. The van der Waals surface area contributed by atoms with E-state index in [0.29, 0.717) is 17.6 Å². The first kappa shape index (κ1) is 23.1. The number of hydrogen-bond acceptors (Lipinski definition) is 8. The molecule has 4 aromatic rings. The zero-order valence-electron chi connectivity index (χ0n) is 21.6. The zero-order chi connectivity index (χ0) is 26.3. The number of amides is 1. The van der Waals surface area contributed by atoms with Gasteiger partial charge in [0.2, 0.25) is 5.82 Å². The summed E-state index contributed by atoms with van der Waals surface area (Å²) in [6.07, 6.45) is 13.5. The summed E-state index contributed by atoms with van der Waals surface area (Å²) in [6, 6.07) is 4.21. The molecule has 2 aliphatic heterocycles. The number of fused-ring (bicyclic) bond motifs is 3. The number of nitrogens with one attached hydrogen (secondary N) is 1. The van der Waals surface area contributed by atoms with E-state index in [9.17, 15) is 9.90 Å². The van der Waals surface area contributed by atoms with Gasteiger partial charge in [-0.05, 0) is 69.8 Å². The molecule has 4 N–H and O–H groups in total. The molecule has 0 radical (unpaired) electrons. The van der Waals surface area contributed by atoms with Crippen molar-refractivity contribution in [2.45, 2.75) is 87.3 Å². The van der Waals surface area contributed by atoms with Crippen LogP contribution in [0.1, 0.15) is 97.2 Å². The van der Waals surface area contributed by atoms with Crippen molar-refractivity contribution in [1.82, 2.24) is 39.7 Å². The van der Waals surface area contributed by atoms with Gasteiger partial charge in [0.25, 0.3) is 5.91 Å². The fraction of sp³-hybridized carbons (Fsp3) is 0.500. The first-order valence-corrected chi connectivity index (χ1v) is 14.0. The zero-order valence-corrected chi connectivity index (χ0v) is 21.6. The average molecular weight is 526 g/mol. The highest BCUT2D eigenvalue weighted by Crippen LogP contribution is 2.50. The second-order valence-corrected chi connectivity index (χ2v) is 11.8. The molecule has 200 valence electrons. The molecule has 8 rings (SSSR count). The highest BCUT2D eigenvalue weighted by atomic mass is 16.3. The van der Waals surface area contributed by atoms with Crippen LogP contribution in [0.3, 0.4) is 0 Å². The van der Waals surface area contributed by atoms with E-state index in [1.165, 1.54) is 6.33 Å². The molecule has 2 saturated heterocycles. The van der Waals surface area contributed by atoms with Gasteiger partial charge in [-0.1, -0.05) is 6.07 Å². The number of pyridine rings is 1. The molecule has 4 fully saturated rings. The maximum absolute atomic E-state index is 13.2. The van der Waals surface area contributed by atoms with Crippen LogP contribution in [0.25, 0.3) is 16.8 Å². The molecule has 0 aromatic carbocycles. The maximum Gasteiger partial charge on any atom is 0.292 e. The van der Waals surface area contributed by atoms with Gasteiger partial charge in [0.1, 0.15) is 17.7 Å². The van der Waals surface area contributed by atoms with E-state index in [0.717, 1.165) is 91.5 Å². The number of anilines is 1. The maximum atomic E-state index is 13.2. The van der Waals surface area contributed by atoms with E-state index < -0.39 is 5.60 Å². The SMILES string of the molecule is Nc1c(C2CC2)c([C@H]2C[C@H]3CC[C@@H](C2)N3C(=O)c2nnc[nH]2)nc2c(-c3ccc(C4(O)CCC4)nc3)cnn12. The molecule has 6 heterocycles. The number of carbonyl (C=O) groups excluding carboxylic acids is 1. The number of rotatable bonds is 5. The second-order valence-electron chi connectivity index (χ2n) is 11.8. The van der Waals surface area contributed by atoms with Gasteiger partial charge in [0.15, 0.2) is 5.65 Å². The lowest BCUT2D eigenvalue weighted by Crippen LogP contribution is -2.46. The number of aliphatic hydroxyl groups is 1. The number of nitrogen functional groups attached to an aromatic ring is 1. The lowest BCUT2D eigenvalue weighted by Gasteiger charge is -2.39. The molecular formula is C28H31N9O2. The van der Waals surface area contributed by atoms with Crippen LogP contribution < -0.4 is 5.73 Å². The standard InChI is InChI=1S/C28H31N9O2/c29-24-22(15-2-3-15)23(17-10-18-5-6-19(11-17)36(18)27(38)25-31-14-32-35-25)34-26-20(13-33-37(24)26)16-4-7-21(30-12-16)28(39)8-1-9-28/h4,7,12-15,17-19,39H,1-3,5-6,8-11,29H2,(H,31,32,35)/t17-,18+,19-. The van der Waals surface area contributed by atoms with Gasteiger partial charge in [-0.3, -0.25) is 9.78 Å². The molecule has 2 saturated carbocycles. The van der Waals surface area contributed by atoms with E-state index >= 15 is 0 Å². The van der Waals surface area contributed by atoms with Crippen molar-refractivity contribution in [3.63, 3.8) is 0 Å². The Morgan fingerprint density at radius 1 is 1.08 bits per heavy atom. The summed E-state index contributed by atoms with van der Waals surface area (Å²) in [5, 5.41) is 23.1. The Balaban J connectivity index is 1.16. The Morgan fingerprint density at radius 3 is 2.49 bits per heavy atom. The van der Waals surface area contributed by atoms with Crippen molar-refractivity contribution < 1.29 is 9.90 Å². The Labute approximate surface area is 224 Å². The van der Waals surface area contributed by atoms with E-state index in [1.54, 1.807) is 4.52 Å². The summed E-state index contributed by atoms with van der Waals surface area (Å²) in [5.41, 5.74) is 11.5. The van der Waals surface area contributed by atoms with Crippen molar-refractivity contribution in [2.75, 3.05) is 5.73 Å². The summed E-state index contributed by atoms with van der Waals surface area (Å²) in [5.74, 6) is 1.55. The van der Waals surface area contributed by atoms with E-state index in [4.69, 9.17) is 10.7 Å².